The third-order valence-corrected chi connectivity index (χ3v) is 15.9. The number of hydrogen-bond donors (Lipinski definition) is 14. The van der Waals surface area contributed by atoms with Crippen LogP contribution in [-0.2, 0) is 56.0 Å². The van der Waals surface area contributed by atoms with Gasteiger partial charge in [0.25, 0.3) is 0 Å². The van der Waals surface area contributed by atoms with Gasteiger partial charge in [0.1, 0.15) is 54.1 Å². The quantitative estimate of drug-likeness (QED) is 0.0288. The summed E-state index contributed by atoms with van der Waals surface area (Å²) in [6, 6.07) is 2.83. The van der Waals surface area contributed by atoms with Crippen LogP contribution in [0.2, 0.25) is 0 Å². The second-order valence-electron chi connectivity index (χ2n) is 20.2. The van der Waals surface area contributed by atoms with E-state index in [0.29, 0.717) is 47.6 Å². The van der Waals surface area contributed by atoms with Gasteiger partial charge < -0.3 is 69.2 Å². The summed E-state index contributed by atoms with van der Waals surface area (Å²) in [4.78, 5) is 128. The number of para-hydroxylation sites is 1. The minimum absolute atomic E-state index is 0.0401. The van der Waals surface area contributed by atoms with Gasteiger partial charge in [-0.1, -0.05) is 64.4 Å². The zero-order valence-corrected chi connectivity index (χ0v) is 50.7. The lowest BCUT2D eigenvalue weighted by atomic mass is 9.96. The first-order valence-electron chi connectivity index (χ1n) is 27.1. The van der Waals surface area contributed by atoms with Crippen molar-refractivity contribution in [2.45, 2.75) is 140 Å². The van der Waals surface area contributed by atoms with Crippen molar-refractivity contribution in [3.63, 3.8) is 0 Å². The number of unbranched alkanes of at least 4 members (excludes halogenated alkanes) is 1. The summed E-state index contributed by atoms with van der Waals surface area (Å²) in [7, 11) is 0. The van der Waals surface area contributed by atoms with Gasteiger partial charge in [-0.3, -0.25) is 38.4 Å². The lowest BCUT2D eigenvalue weighted by Gasteiger charge is -2.30. The van der Waals surface area contributed by atoms with Crippen LogP contribution in [0.3, 0.4) is 0 Å². The molecule has 0 aliphatic heterocycles. The number of nitrogens with two attached hydrogens (primary N) is 2. The van der Waals surface area contributed by atoms with Gasteiger partial charge in [-0.05, 0) is 129 Å². The molecule has 0 saturated carbocycles. The molecule has 0 aliphatic carbocycles. The Balaban J connectivity index is 1.82. The van der Waals surface area contributed by atoms with E-state index in [0.717, 1.165) is 10.9 Å². The number of fused-ring (bicyclic) bond motifs is 1. The number of phenols is 1. The highest BCUT2D eigenvalue weighted by Gasteiger charge is 2.37. The summed E-state index contributed by atoms with van der Waals surface area (Å²) >= 11 is 8.66. The third kappa shape index (κ3) is 23.2. The molecule has 0 unspecified atom stereocenters. The number of phenolic OH excluding ortho intramolecular Hbond substituents is 1. The number of carbonyl (C=O) groups excluding carboxylic acids is 8. The third-order valence-electron chi connectivity index (χ3n) is 13.6. The van der Waals surface area contributed by atoms with Gasteiger partial charge in [0, 0.05) is 29.3 Å². The largest absolute Gasteiger partial charge is 0.508 e. The summed E-state index contributed by atoms with van der Waals surface area (Å²) < 4.78 is 0. The van der Waals surface area contributed by atoms with Crippen LogP contribution in [-0.4, -0.2) is 171 Å². The number of amides is 8. The second kappa shape index (κ2) is 36.7. The Kier molecular flexibility index (Phi) is 31.6. The maximum Gasteiger partial charge on any atom is 0.326 e. The Labute approximate surface area is 493 Å². The van der Waals surface area contributed by atoms with E-state index in [1.54, 1.807) is 39.1 Å². The van der Waals surface area contributed by atoms with E-state index in [4.69, 9.17) is 11.5 Å². The van der Waals surface area contributed by atoms with Gasteiger partial charge in [0.15, 0.2) is 0 Å². The van der Waals surface area contributed by atoms with E-state index in [1.807, 2.05) is 50.0 Å². The summed E-state index contributed by atoms with van der Waals surface area (Å²) in [5.74, 6) is -6.66. The van der Waals surface area contributed by atoms with Crippen molar-refractivity contribution in [1.82, 2.24) is 47.5 Å². The van der Waals surface area contributed by atoms with Crippen molar-refractivity contribution in [2.75, 3.05) is 48.3 Å². The van der Waals surface area contributed by atoms with Crippen LogP contribution in [0.4, 0.5) is 0 Å². The van der Waals surface area contributed by atoms with Crippen LogP contribution in [0.15, 0.2) is 54.7 Å². The summed E-state index contributed by atoms with van der Waals surface area (Å²) in [5, 5.41) is 42.2. The first-order chi connectivity index (χ1) is 38.6. The number of thioether (sulfide) groups is 3. The van der Waals surface area contributed by atoms with Gasteiger partial charge in [0.2, 0.25) is 47.3 Å². The maximum absolute atomic E-state index is 14.3. The molecule has 3 rings (SSSR count). The molecular weight excluding hydrogens is 1120 g/mol. The Morgan fingerprint density at radius 1 is 0.580 bits per heavy atom. The number of aromatic nitrogens is 1. The van der Waals surface area contributed by atoms with Gasteiger partial charge in [0.05, 0.1) is 6.04 Å². The molecule has 0 spiro atoms. The standard InChI is InChI=1S/C55H85N11O11S4/c1-8-32(4)46(66-50(71)40(20-24-79-5)59-47(68)37(57)27-33-16-18-35(67)19-17-33)54(75)61-41(21-25-80-6)49(70)65-45(31(2)3)53(74)60-39(15-11-12-23-56)48(69)64-44(30-78)52(73)63-43(51(72)62-42(55(76)77)22-26-81-7)28-34-29-58-38-14-10-9-13-36(34)38/h9-10,13-14,16-19,29,31-32,37,39-46,58,67,78H,8,11-12,15,20-28,30,56-57H2,1-7H3,(H,59,68)(H,60,74)(H,61,75)(H,62,72)(H,63,73)(H,64,69)(H,65,70)(H,66,71)(H,76,77)/t32-,37-,39-,40-,41-,42-,43-,44-,45-,46-/m0/s1. The van der Waals surface area contributed by atoms with E-state index >= 15 is 0 Å². The maximum atomic E-state index is 14.3. The van der Waals surface area contributed by atoms with Crippen molar-refractivity contribution in [3.05, 3.63) is 65.9 Å². The minimum atomic E-state index is -1.34. The summed E-state index contributed by atoms with van der Waals surface area (Å²) in [6.07, 6.45) is 9.17. The number of aromatic amines is 1. The van der Waals surface area contributed by atoms with E-state index in [1.165, 1.54) is 47.4 Å². The van der Waals surface area contributed by atoms with Crippen LogP contribution in [0.5, 0.6) is 5.75 Å². The fraction of sp³-hybridized carbons (Fsp3) is 0.582. The second-order valence-corrected chi connectivity index (χ2v) is 23.5. The Morgan fingerprint density at radius 2 is 1.05 bits per heavy atom. The molecule has 26 heteroatoms. The Hall–Kier alpha value is -5.67. The SMILES string of the molecule is CC[C@H](C)[C@H](NC(=O)[C@H](CCSC)NC(=O)[C@@H](N)Cc1ccc(O)cc1)C(=O)N[C@@H](CCSC)C(=O)N[C@H](C(=O)N[C@@H](CCCCN)C(=O)N[C@@H](CS)C(=O)N[C@@H](Cc1c[nH]c2ccccc12)C(=O)N[C@@H](CCSC)C(=O)O)C(C)C. The van der Waals surface area contributed by atoms with Crippen LogP contribution in [0.25, 0.3) is 10.9 Å². The molecule has 2 aromatic carbocycles. The fourth-order valence-corrected chi connectivity index (χ4v) is 10.2. The van der Waals surface area contributed by atoms with Crippen LogP contribution in [0.1, 0.15) is 83.8 Å². The zero-order chi connectivity index (χ0) is 60.2. The normalized spacial score (nSPS) is 15.0. The predicted octanol–water partition coefficient (Wildman–Crippen LogP) is 1.97. The number of rotatable bonds is 38. The lowest BCUT2D eigenvalue weighted by molar-refractivity contribution is -0.142. The highest BCUT2D eigenvalue weighted by molar-refractivity contribution is 7.99. The first-order valence-corrected chi connectivity index (χ1v) is 32.0. The zero-order valence-electron chi connectivity index (χ0n) is 47.3. The molecule has 22 nitrogen and oxygen atoms in total. The first kappa shape index (κ1) is 69.6. The van der Waals surface area contributed by atoms with E-state index in [9.17, 15) is 53.4 Å². The molecule has 450 valence electrons. The van der Waals surface area contributed by atoms with Crippen molar-refractivity contribution >= 4 is 112 Å². The van der Waals surface area contributed by atoms with E-state index in [2.05, 4.69) is 60.1 Å². The van der Waals surface area contributed by atoms with Crippen LogP contribution >= 0.6 is 47.9 Å². The number of nitrogens with one attached hydrogen (secondary N) is 9. The number of thiol groups is 1. The average molecular weight is 1200 g/mol. The topological polar surface area (TPSA) is 358 Å². The number of carboxylic acids is 1. The summed E-state index contributed by atoms with van der Waals surface area (Å²) in [5.41, 5.74) is 14.2. The monoisotopic (exact) mass is 1200 g/mol. The number of carboxylic acid groups (broad SMARTS) is 1. The van der Waals surface area contributed by atoms with Crippen LogP contribution < -0.4 is 54.0 Å². The number of carbonyl (C=O) groups is 9. The number of H-pyrrole nitrogens is 1. The van der Waals surface area contributed by atoms with E-state index in [-0.39, 0.29) is 56.6 Å². The Bertz CT molecular complexity index is 2520. The van der Waals surface area contributed by atoms with Crippen molar-refractivity contribution in [2.24, 2.45) is 23.3 Å². The molecule has 3 aromatic rings. The minimum Gasteiger partial charge on any atom is -0.508 e. The molecule has 1 aromatic heterocycles. The number of aromatic hydroxyl groups is 1. The number of aliphatic carboxylic acids is 1. The molecule has 8 amide bonds. The Morgan fingerprint density at radius 3 is 1.59 bits per heavy atom. The highest BCUT2D eigenvalue weighted by atomic mass is 32.2. The van der Waals surface area contributed by atoms with Crippen molar-refractivity contribution in [3.8, 4) is 5.75 Å². The molecule has 0 bridgehead atoms. The highest BCUT2D eigenvalue weighted by Crippen LogP contribution is 2.20. The van der Waals surface area contributed by atoms with Gasteiger partial charge >= 0.3 is 5.97 Å². The van der Waals surface area contributed by atoms with Crippen molar-refractivity contribution < 1.29 is 53.4 Å². The van der Waals surface area contributed by atoms with E-state index < -0.39 is 119 Å². The fourth-order valence-electron chi connectivity index (χ4n) is 8.53. The molecule has 10 atom stereocenters. The smallest absolute Gasteiger partial charge is 0.326 e. The number of benzene rings is 2. The number of hydrogen-bond acceptors (Lipinski definition) is 16. The van der Waals surface area contributed by atoms with Crippen molar-refractivity contribution in [1.29, 1.82) is 0 Å². The molecule has 0 fully saturated rings. The lowest BCUT2D eigenvalue weighted by Crippen LogP contribution is -2.62. The molecule has 15 N–H and O–H groups in total. The average Bonchev–Trinajstić information content (AvgIpc) is 3.87. The van der Waals surface area contributed by atoms with Gasteiger partial charge in [-0.25, -0.2) is 4.79 Å². The molecule has 0 saturated heterocycles. The molecule has 0 radical (unpaired) electrons. The van der Waals surface area contributed by atoms with Gasteiger partial charge in [-0.2, -0.15) is 47.9 Å². The summed E-state index contributed by atoms with van der Waals surface area (Å²) in [6.45, 7) is 7.27. The predicted molar refractivity (Wildman–Crippen MR) is 325 cm³/mol. The van der Waals surface area contributed by atoms with Crippen LogP contribution in [0, 0.1) is 11.8 Å². The molecule has 1 heterocycles. The van der Waals surface area contributed by atoms with Gasteiger partial charge in [-0.15, -0.1) is 0 Å². The molecule has 0 aliphatic rings. The molecular formula is C55H85N11O11S4. The molecule has 81 heavy (non-hydrogen) atoms.